The lowest BCUT2D eigenvalue weighted by atomic mass is 9.76. The molecule has 0 radical (unpaired) electrons. The van der Waals surface area contributed by atoms with Crippen LogP contribution >= 0.6 is 11.6 Å². The van der Waals surface area contributed by atoms with Crippen LogP contribution < -0.4 is 19.6 Å². The number of pyridine rings is 2. The van der Waals surface area contributed by atoms with Crippen LogP contribution in [0.1, 0.15) is 94.5 Å². The number of hydrogen-bond donors (Lipinski definition) is 0. The van der Waals surface area contributed by atoms with E-state index in [1.165, 1.54) is 62.0 Å². The van der Waals surface area contributed by atoms with Crippen LogP contribution in [0.5, 0.6) is 0 Å². The molecule has 6 aliphatic heterocycles. The summed E-state index contributed by atoms with van der Waals surface area (Å²) in [5, 5.41) is 17.4. The largest absolute Gasteiger partial charge is 0.381 e. The van der Waals surface area contributed by atoms with Gasteiger partial charge in [0.2, 0.25) is 5.91 Å². The van der Waals surface area contributed by atoms with Crippen molar-refractivity contribution in [2.75, 3.05) is 85.2 Å². The van der Waals surface area contributed by atoms with E-state index in [0.29, 0.717) is 34.6 Å². The van der Waals surface area contributed by atoms with Crippen molar-refractivity contribution < 1.29 is 9.53 Å². The zero-order chi connectivity index (χ0) is 48.9. The van der Waals surface area contributed by atoms with E-state index in [1.54, 1.807) is 6.92 Å². The van der Waals surface area contributed by atoms with Crippen LogP contribution in [0.15, 0.2) is 91.3 Å². The van der Waals surface area contributed by atoms with E-state index in [2.05, 4.69) is 104 Å². The average Bonchev–Trinajstić information content (AvgIpc) is 3.97. The van der Waals surface area contributed by atoms with Crippen molar-refractivity contribution >= 4 is 51.2 Å². The Bertz CT molecular complexity index is 2970. The molecule has 0 saturated carbocycles. The second kappa shape index (κ2) is 19.7. The Kier molecular flexibility index (Phi) is 12.8. The van der Waals surface area contributed by atoms with Gasteiger partial charge in [-0.3, -0.25) is 14.5 Å². The normalized spacial score (nSPS) is 21.1. The van der Waals surface area contributed by atoms with Crippen molar-refractivity contribution in [1.82, 2.24) is 24.6 Å². The van der Waals surface area contributed by atoms with Gasteiger partial charge >= 0.3 is 0 Å². The number of amides is 1. The van der Waals surface area contributed by atoms with Gasteiger partial charge in [-0.1, -0.05) is 29.8 Å². The number of rotatable bonds is 8. The molecule has 6 aromatic rings. The van der Waals surface area contributed by atoms with E-state index in [-0.39, 0.29) is 5.91 Å². The molecule has 0 N–H and O–H groups in total. The Morgan fingerprint density at radius 1 is 0.778 bits per heavy atom. The third-order valence-electron chi connectivity index (χ3n) is 17.8. The SMILES string of the molecule is CC(=O)N1CCc2c(c(-c3cccc4cc(-c5ccc(N6CCC(C7CCN(c8ccc(N9CCC%10(CC9)C[C@H](C)N(c9ccc(C#N)c(Cl)c9)C%10)cc8)CC7)CC6)nc5)ncc34)nn2C2CCOCC2)C1. The van der Waals surface area contributed by atoms with Crippen LogP contribution in [0.25, 0.3) is 33.3 Å². The number of nitriles is 1. The smallest absolute Gasteiger partial charge is 0.219 e. The van der Waals surface area contributed by atoms with Crippen molar-refractivity contribution in [3.8, 4) is 28.6 Å². The Labute approximate surface area is 429 Å². The summed E-state index contributed by atoms with van der Waals surface area (Å²) in [5.74, 6) is 2.71. The van der Waals surface area contributed by atoms with E-state index in [9.17, 15) is 10.1 Å². The quantitative estimate of drug-likeness (QED) is 0.146. The molecule has 12 nitrogen and oxygen atoms in total. The Hall–Kier alpha value is -6.16. The molecule has 9 heterocycles. The van der Waals surface area contributed by atoms with E-state index in [1.807, 2.05) is 29.4 Å². The minimum absolute atomic E-state index is 0.105. The molecule has 5 fully saturated rings. The summed E-state index contributed by atoms with van der Waals surface area (Å²) in [7, 11) is 0. The van der Waals surface area contributed by atoms with Crippen LogP contribution in [0, 0.1) is 28.6 Å². The minimum Gasteiger partial charge on any atom is -0.381 e. The van der Waals surface area contributed by atoms with Crippen LogP contribution in [0.4, 0.5) is 22.9 Å². The molecule has 1 amide bonds. The predicted molar refractivity (Wildman–Crippen MR) is 288 cm³/mol. The van der Waals surface area contributed by atoms with Crippen LogP contribution in [-0.2, 0) is 22.5 Å². The fourth-order valence-electron chi connectivity index (χ4n) is 13.6. The van der Waals surface area contributed by atoms with Crippen molar-refractivity contribution in [3.63, 3.8) is 0 Å². The van der Waals surface area contributed by atoms with Crippen molar-refractivity contribution in [1.29, 1.82) is 5.26 Å². The zero-order valence-electron chi connectivity index (χ0n) is 42.0. The minimum atomic E-state index is 0.105. The van der Waals surface area contributed by atoms with Gasteiger partial charge in [0.25, 0.3) is 0 Å². The van der Waals surface area contributed by atoms with E-state index in [0.717, 1.165) is 147 Å². The lowest BCUT2D eigenvalue weighted by Gasteiger charge is -2.41. The molecule has 3 aromatic heterocycles. The number of aromatic nitrogens is 4. The third kappa shape index (κ3) is 9.06. The molecule has 6 aliphatic rings. The highest BCUT2D eigenvalue weighted by atomic mass is 35.5. The number of carbonyl (C=O) groups excluding carboxylic acids is 1. The van der Waals surface area contributed by atoms with Gasteiger partial charge < -0.3 is 29.2 Å². The monoisotopic (exact) mass is 983 g/mol. The van der Waals surface area contributed by atoms with E-state index < -0.39 is 0 Å². The first-order valence-corrected chi connectivity index (χ1v) is 27.2. The molecule has 0 unspecified atom stereocenters. The standard InChI is InChI=1S/C59H67ClN10O2/c1-40-34-59(39-69(40)50-8-6-45(35-61)54(60)33-50)21-28-66(29-22-59)48-11-9-47(10-12-48)65-23-14-42(15-24-65)43-16-25-67(26-17-43)57-13-7-46(36-63-57)55-32-44-4-3-5-51(52(44)37-62-55)58-53-38-68(41(2)71)27-18-56(53)70(64-58)49-19-30-72-31-20-49/h3-13,32-33,36-37,40,42-43,49H,14-31,34,38-39H2,1-2H3/t40-/m0/s1. The maximum absolute atomic E-state index is 12.5. The molecule has 12 rings (SSSR count). The molecule has 3 aromatic carbocycles. The highest BCUT2D eigenvalue weighted by Gasteiger charge is 2.44. The number of nitrogens with zero attached hydrogens (tertiary/aromatic N) is 10. The first-order chi connectivity index (χ1) is 35.2. The van der Waals surface area contributed by atoms with Crippen molar-refractivity contribution in [3.05, 3.63) is 113 Å². The van der Waals surface area contributed by atoms with Crippen LogP contribution in [0.3, 0.4) is 0 Å². The number of piperidine rings is 3. The molecular weight excluding hydrogens is 916 g/mol. The number of ether oxygens (including phenoxy) is 1. The van der Waals surface area contributed by atoms with Gasteiger partial charge in [0, 0.05) is 149 Å². The lowest BCUT2D eigenvalue weighted by Crippen LogP contribution is -2.42. The van der Waals surface area contributed by atoms with Crippen LogP contribution in [0.2, 0.25) is 5.02 Å². The number of benzene rings is 3. The molecule has 0 aliphatic carbocycles. The zero-order valence-corrected chi connectivity index (χ0v) is 42.7. The molecule has 5 saturated heterocycles. The molecule has 0 bridgehead atoms. The molecule has 72 heavy (non-hydrogen) atoms. The Morgan fingerprint density at radius 3 is 2.14 bits per heavy atom. The first-order valence-electron chi connectivity index (χ1n) is 26.8. The summed E-state index contributed by atoms with van der Waals surface area (Å²) in [5.41, 5.74) is 11.1. The second-order valence-corrected chi connectivity index (χ2v) is 22.3. The summed E-state index contributed by atoms with van der Waals surface area (Å²) in [6.45, 7) is 14.4. The van der Waals surface area contributed by atoms with Gasteiger partial charge in [-0.05, 0) is 148 Å². The summed E-state index contributed by atoms with van der Waals surface area (Å²) in [4.78, 5) is 34.7. The van der Waals surface area contributed by atoms with Gasteiger partial charge in [-0.2, -0.15) is 10.4 Å². The van der Waals surface area contributed by atoms with Gasteiger partial charge in [0.05, 0.1) is 28.0 Å². The number of fused-ring (bicyclic) bond motifs is 2. The number of hydrogen-bond acceptors (Lipinski definition) is 10. The fraction of sp³-hybridized carbons (Fsp3) is 0.475. The van der Waals surface area contributed by atoms with Crippen molar-refractivity contribution in [2.24, 2.45) is 17.3 Å². The summed E-state index contributed by atoms with van der Waals surface area (Å²) < 4.78 is 7.97. The molecule has 1 spiro atoms. The summed E-state index contributed by atoms with van der Waals surface area (Å²) in [6.07, 6.45) is 15.3. The van der Waals surface area contributed by atoms with Crippen LogP contribution in [-0.4, -0.2) is 102 Å². The number of halogens is 1. The van der Waals surface area contributed by atoms with Gasteiger partial charge in [0.15, 0.2) is 0 Å². The highest BCUT2D eigenvalue weighted by molar-refractivity contribution is 6.32. The van der Waals surface area contributed by atoms with E-state index in [4.69, 9.17) is 31.4 Å². The number of carbonyl (C=O) groups is 1. The topological polar surface area (TPSA) is 110 Å². The van der Waals surface area contributed by atoms with Gasteiger partial charge in [-0.25, -0.2) is 4.98 Å². The third-order valence-corrected chi connectivity index (χ3v) is 18.1. The molecule has 1 atom stereocenters. The van der Waals surface area contributed by atoms with Crippen molar-refractivity contribution in [2.45, 2.75) is 96.7 Å². The van der Waals surface area contributed by atoms with Gasteiger partial charge in [0.1, 0.15) is 11.9 Å². The predicted octanol–water partition coefficient (Wildman–Crippen LogP) is 11.0. The highest BCUT2D eigenvalue weighted by Crippen LogP contribution is 2.46. The lowest BCUT2D eigenvalue weighted by molar-refractivity contribution is -0.129. The molecule has 372 valence electrons. The summed E-state index contributed by atoms with van der Waals surface area (Å²) in [6, 6.07) is 31.3. The summed E-state index contributed by atoms with van der Waals surface area (Å²) >= 11 is 6.43. The maximum atomic E-state index is 12.5. The Balaban J connectivity index is 0.629. The second-order valence-electron chi connectivity index (χ2n) is 21.9. The fourth-order valence-corrected chi connectivity index (χ4v) is 13.8. The maximum Gasteiger partial charge on any atom is 0.219 e. The molecular formula is C59H67ClN10O2. The molecule has 13 heteroatoms. The van der Waals surface area contributed by atoms with Gasteiger partial charge in [-0.15, -0.1) is 0 Å². The van der Waals surface area contributed by atoms with E-state index >= 15 is 0 Å². The average molecular weight is 984 g/mol. The number of anilines is 4. The Morgan fingerprint density at radius 2 is 1.47 bits per heavy atom. The first kappa shape index (κ1) is 46.9.